The van der Waals surface area contributed by atoms with E-state index in [0.29, 0.717) is 60.5 Å². The summed E-state index contributed by atoms with van der Waals surface area (Å²) in [5.74, 6) is -4.20. The van der Waals surface area contributed by atoms with Gasteiger partial charge in [-0.25, -0.2) is 32.0 Å². The first-order chi connectivity index (χ1) is 26.4. The van der Waals surface area contributed by atoms with Crippen LogP contribution in [0, 0.1) is 23.2 Å². The van der Waals surface area contributed by atoms with Crippen LogP contribution in [-0.2, 0) is 35.6 Å². The van der Waals surface area contributed by atoms with E-state index in [9.17, 15) is 36.4 Å². The van der Waals surface area contributed by atoms with Gasteiger partial charge in [-0.05, 0) is 68.4 Å². The molecule has 0 radical (unpaired) electrons. The number of fused-ring (bicyclic) bond motifs is 8. The third-order valence-corrected chi connectivity index (χ3v) is 13.7. The minimum absolute atomic E-state index is 0.184. The highest BCUT2D eigenvalue weighted by molar-refractivity contribution is 7.91. The van der Waals surface area contributed by atoms with Crippen LogP contribution < -0.4 is 24.8 Å². The summed E-state index contributed by atoms with van der Waals surface area (Å²) in [4.78, 5) is 66.8. The molecular weight excluding hydrogens is 755 g/mol. The van der Waals surface area contributed by atoms with Crippen molar-refractivity contribution in [3.8, 4) is 11.6 Å². The number of benzene rings is 1. The van der Waals surface area contributed by atoms with Gasteiger partial charge in [-0.15, -0.1) is 0 Å². The van der Waals surface area contributed by atoms with Gasteiger partial charge in [0.1, 0.15) is 41.3 Å². The molecule has 4 bridgehead atoms. The maximum atomic E-state index is 14.7. The van der Waals surface area contributed by atoms with Crippen molar-refractivity contribution < 1.29 is 50.6 Å². The maximum absolute atomic E-state index is 14.7. The van der Waals surface area contributed by atoms with Crippen molar-refractivity contribution >= 4 is 44.9 Å². The summed E-state index contributed by atoms with van der Waals surface area (Å²) < 4.78 is 73.5. The van der Waals surface area contributed by atoms with Crippen LogP contribution in [0.25, 0.3) is 11.0 Å². The van der Waals surface area contributed by atoms with E-state index in [4.69, 9.17) is 24.2 Å². The Labute approximate surface area is 324 Å². The minimum atomic E-state index is -4.14. The van der Waals surface area contributed by atoms with Crippen molar-refractivity contribution in [2.45, 2.75) is 127 Å². The Hall–Kier alpha value is -4.35. The molecule has 3 saturated carbocycles. The van der Waals surface area contributed by atoms with Crippen LogP contribution in [0.4, 0.5) is 13.6 Å². The third kappa shape index (κ3) is 7.94. The van der Waals surface area contributed by atoms with Crippen LogP contribution >= 0.6 is 0 Å². The molecule has 0 unspecified atom stereocenters. The van der Waals surface area contributed by atoms with Gasteiger partial charge in [0.25, 0.3) is 5.91 Å². The van der Waals surface area contributed by atoms with Crippen molar-refractivity contribution in [2.75, 3.05) is 13.7 Å². The van der Waals surface area contributed by atoms with Crippen molar-refractivity contribution in [1.82, 2.24) is 30.2 Å². The fourth-order valence-electron chi connectivity index (χ4n) is 8.17. The number of alkyl carbamates (subject to hydrolysis) is 1. The van der Waals surface area contributed by atoms with Gasteiger partial charge in [-0.3, -0.25) is 19.1 Å². The number of aryl methyl sites for hydroxylation is 1. The Balaban J connectivity index is 1.25. The van der Waals surface area contributed by atoms with Crippen LogP contribution in [0.15, 0.2) is 18.2 Å². The molecule has 0 spiro atoms. The summed E-state index contributed by atoms with van der Waals surface area (Å²) in [6.07, 6.45) is -0.380. The Morgan fingerprint density at radius 2 is 1.80 bits per heavy atom. The van der Waals surface area contributed by atoms with Gasteiger partial charge >= 0.3 is 6.09 Å². The number of aromatic nitrogens is 2. The molecule has 4 amide bonds. The minimum Gasteiger partial charge on any atom is -0.497 e. The standard InChI is InChI=1S/C38H50F2N6O9S/c1-19-28-18-46(29(19)32(47)44-38(17-24(38)31(39)40)35(49)45-56(51,52)23-11-12-23)34(48)30(37(2,3)4)43-36(50)54-22-14-20(15-22)8-6-7-9-26-33(55-28)42-27-16-21(53-5)10-13-25(27)41-26/h10,13,16,19-20,22-24,28-31H,6-9,11-12,14-15,17-18H2,1-5H3,(H,43,50)(H,44,47)(H,45,49)/t19-,20?,22?,24+,28+,29+,30-,38-/m1/s1. The van der Waals surface area contributed by atoms with E-state index in [-0.39, 0.29) is 18.5 Å². The summed E-state index contributed by atoms with van der Waals surface area (Å²) in [6, 6.07) is 2.70. The lowest BCUT2D eigenvalue weighted by molar-refractivity contribution is -0.143. The normalized spacial score (nSPS) is 31.1. The lowest BCUT2D eigenvalue weighted by atomic mass is 9.79. The first-order valence-corrected chi connectivity index (χ1v) is 20.9. The molecule has 1 aromatic carbocycles. The van der Waals surface area contributed by atoms with Gasteiger partial charge in [0.2, 0.25) is 34.1 Å². The van der Waals surface area contributed by atoms with Crippen molar-refractivity contribution in [2.24, 2.45) is 23.2 Å². The lowest BCUT2D eigenvalue weighted by Gasteiger charge is -2.38. The number of amides is 4. The summed E-state index contributed by atoms with van der Waals surface area (Å²) in [7, 11) is -2.61. The molecular formula is C38H50F2N6O9S. The quantitative estimate of drug-likeness (QED) is 0.370. The van der Waals surface area contributed by atoms with Crippen LogP contribution in [0.2, 0.25) is 0 Å². The van der Waals surface area contributed by atoms with E-state index in [1.165, 1.54) is 12.0 Å². The lowest BCUT2D eigenvalue weighted by Crippen LogP contribution is -2.61. The molecule has 1 aromatic heterocycles. The highest BCUT2D eigenvalue weighted by Gasteiger charge is 2.67. The number of alkyl halides is 2. The second-order valence-corrected chi connectivity index (χ2v) is 19.1. The summed E-state index contributed by atoms with van der Waals surface area (Å²) >= 11 is 0. The summed E-state index contributed by atoms with van der Waals surface area (Å²) in [6.45, 7) is 6.70. The Bertz CT molecular complexity index is 2000. The third-order valence-electron chi connectivity index (χ3n) is 11.9. The highest BCUT2D eigenvalue weighted by Crippen LogP contribution is 2.49. The monoisotopic (exact) mass is 804 g/mol. The van der Waals surface area contributed by atoms with Crippen LogP contribution in [-0.4, -0.2) is 102 Å². The number of carbonyl (C=O) groups excluding carboxylic acids is 4. The number of hydrogen-bond donors (Lipinski definition) is 3. The zero-order valence-electron chi connectivity index (χ0n) is 32.2. The van der Waals surface area contributed by atoms with E-state index in [1.807, 2.05) is 4.72 Å². The maximum Gasteiger partial charge on any atom is 0.408 e. The predicted octanol–water partition coefficient (Wildman–Crippen LogP) is 3.63. The molecule has 8 rings (SSSR count). The molecule has 56 heavy (non-hydrogen) atoms. The van der Waals surface area contributed by atoms with E-state index in [0.717, 1.165) is 19.3 Å². The molecule has 2 aromatic rings. The molecule has 6 aliphatic rings. The van der Waals surface area contributed by atoms with Gasteiger partial charge in [0.15, 0.2) is 0 Å². The van der Waals surface area contributed by atoms with Crippen molar-refractivity contribution in [1.29, 1.82) is 0 Å². The number of nitrogens with one attached hydrogen (secondary N) is 3. The van der Waals surface area contributed by atoms with E-state index in [2.05, 4.69) is 10.6 Å². The fraction of sp³-hybridized carbons (Fsp3) is 0.684. The second-order valence-electron chi connectivity index (χ2n) is 17.1. The van der Waals surface area contributed by atoms with Crippen LogP contribution in [0.5, 0.6) is 11.6 Å². The molecule has 306 valence electrons. The first kappa shape index (κ1) is 39.9. The Kier molecular flexibility index (Phi) is 10.6. The molecule has 4 fully saturated rings. The molecule has 3 aliphatic carbocycles. The Morgan fingerprint density at radius 3 is 2.45 bits per heavy atom. The largest absolute Gasteiger partial charge is 0.497 e. The van der Waals surface area contributed by atoms with Crippen LogP contribution in [0.1, 0.15) is 84.8 Å². The molecule has 1 saturated heterocycles. The number of methoxy groups -OCH3 is 1. The van der Waals surface area contributed by atoms with Crippen molar-refractivity contribution in [3.05, 3.63) is 23.9 Å². The molecule has 18 heteroatoms. The first-order valence-electron chi connectivity index (χ1n) is 19.4. The zero-order valence-corrected chi connectivity index (χ0v) is 33.0. The average molecular weight is 805 g/mol. The molecule has 15 nitrogen and oxygen atoms in total. The number of hydrogen-bond acceptors (Lipinski definition) is 11. The van der Waals surface area contributed by atoms with Gasteiger partial charge in [-0.1, -0.05) is 40.5 Å². The summed E-state index contributed by atoms with van der Waals surface area (Å²) in [5, 5.41) is 4.37. The van der Waals surface area contributed by atoms with Crippen LogP contribution in [0.3, 0.4) is 0 Å². The van der Waals surface area contributed by atoms with Crippen molar-refractivity contribution in [3.63, 3.8) is 0 Å². The SMILES string of the molecule is COc1ccc2nc3c(nc2c1)O[C@H]1CN(C(=O)[C@H](C(C)(C)C)NC(=O)OC2CC(CCCC3)C2)[C@H](C(=O)N[C@]2(C(=O)NS(=O)(=O)C3CC3)C[C@H]2C(F)F)[C@@H]1C. The van der Waals surface area contributed by atoms with E-state index >= 15 is 0 Å². The molecule has 6 atom stereocenters. The number of sulfonamides is 1. The Morgan fingerprint density at radius 1 is 1.07 bits per heavy atom. The van der Waals surface area contributed by atoms with Gasteiger partial charge in [0.05, 0.1) is 35.9 Å². The molecule has 3 aliphatic heterocycles. The van der Waals surface area contributed by atoms with Gasteiger partial charge in [0, 0.05) is 12.0 Å². The zero-order chi connectivity index (χ0) is 40.3. The fourth-order valence-corrected chi connectivity index (χ4v) is 9.54. The van der Waals surface area contributed by atoms with Gasteiger partial charge < -0.3 is 29.7 Å². The smallest absolute Gasteiger partial charge is 0.408 e. The molecule has 4 heterocycles. The van der Waals surface area contributed by atoms with E-state index in [1.54, 1.807) is 45.9 Å². The number of carbonyl (C=O) groups is 4. The van der Waals surface area contributed by atoms with Gasteiger partial charge in [-0.2, -0.15) is 0 Å². The second kappa shape index (κ2) is 14.9. The van der Waals surface area contributed by atoms with E-state index < -0.39 is 92.9 Å². The summed E-state index contributed by atoms with van der Waals surface area (Å²) in [5.41, 5.74) is -1.42. The number of nitrogens with zero attached hydrogens (tertiary/aromatic N) is 3. The predicted molar refractivity (Wildman–Crippen MR) is 197 cm³/mol. The number of ether oxygens (including phenoxy) is 3. The molecule has 3 N–H and O–H groups in total. The average Bonchev–Trinajstić information content (AvgIpc) is 4.04. The number of rotatable bonds is 7. The highest BCUT2D eigenvalue weighted by atomic mass is 32.2. The number of halogens is 2. The topological polar surface area (TPSA) is 195 Å².